The predicted octanol–water partition coefficient (Wildman–Crippen LogP) is 2.46. The van der Waals surface area contributed by atoms with Crippen LogP contribution in [0.4, 0.5) is 0 Å². The van der Waals surface area contributed by atoms with Crippen molar-refractivity contribution >= 4 is 0 Å². The van der Waals surface area contributed by atoms with Gasteiger partial charge in [-0.25, -0.2) is 0 Å². The SMILES string of the molecule is COCCCCc1cc(CO)ccc1C. The van der Waals surface area contributed by atoms with E-state index in [2.05, 4.69) is 19.1 Å². The maximum absolute atomic E-state index is 9.04. The zero-order valence-electron chi connectivity index (χ0n) is 9.62. The van der Waals surface area contributed by atoms with Crippen LogP contribution in [0.15, 0.2) is 18.2 Å². The van der Waals surface area contributed by atoms with Gasteiger partial charge in [0.15, 0.2) is 0 Å². The van der Waals surface area contributed by atoms with Crippen LogP contribution in [-0.4, -0.2) is 18.8 Å². The fourth-order valence-corrected chi connectivity index (χ4v) is 1.65. The molecule has 0 heterocycles. The summed E-state index contributed by atoms with van der Waals surface area (Å²) in [6.45, 7) is 3.08. The van der Waals surface area contributed by atoms with Gasteiger partial charge in [-0.3, -0.25) is 0 Å². The number of aliphatic hydroxyl groups is 1. The van der Waals surface area contributed by atoms with Crippen LogP contribution in [-0.2, 0) is 17.8 Å². The smallest absolute Gasteiger partial charge is 0.0681 e. The monoisotopic (exact) mass is 208 g/mol. The first-order valence-corrected chi connectivity index (χ1v) is 5.46. The second-order valence-corrected chi connectivity index (χ2v) is 3.87. The van der Waals surface area contributed by atoms with E-state index < -0.39 is 0 Å². The summed E-state index contributed by atoms with van der Waals surface area (Å²) in [7, 11) is 1.73. The van der Waals surface area contributed by atoms with E-state index in [-0.39, 0.29) is 6.61 Å². The summed E-state index contributed by atoms with van der Waals surface area (Å²) in [4.78, 5) is 0. The molecular weight excluding hydrogens is 188 g/mol. The summed E-state index contributed by atoms with van der Waals surface area (Å²) in [5.74, 6) is 0. The van der Waals surface area contributed by atoms with Gasteiger partial charge in [0.25, 0.3) is 0 Å². The Balaban J connectivity index is 2.51. The Labute approximate surface area is 91.9 Å². The third-order valence-corrected chi connectivity index (χ3v) is 2.64. The number of methoxy groups -OCH3 is 1. The predicted molar refractivity (Wildman–Crippen MR) is 61.9 cm³/mol. The second kappa shape index (κ2) is 6.59. The molecule has 1 aromatic carbocycles. The van der Waals surface area contributed by atoms with Gasteiger partial charge in [0.2, 0.25) is 0 Å². The summed E-state index contributed by atoms with van der Waals surface area (Å²) in [6.07, 6.45) is 3.31. The standard InChI is InChI=1S/C13H20O2/c1-11-6-7-12(10-14)9-13(11)5-3-4-8-15-2/h6-7,9,14H,3-5,8,10H2,1-2H3. The molecule has 0 atom stereocenters. The molecule has 0 bridgehead atoms. The lowest BCUT2D eigenvalue weighted by Gasteiger charge is -2.07. The fraction of sp³-hybridized carbons (Fsp3) is 0.538. The molecule has 1 aromatic rings. The van der Waals surface area contributed by atoms with Crippen LogP contribution in [0.3, 0.4) is 0 Å². The lowest BCUT2D eigenvalue weighted by Crippen LogP contribution is -1.95. The topological polar surface area (TPSA) is 29.5 Å². The van der Waals surface area contributed by atoms with Gasteiger partial charge >= 0.3 is 0 Å². The zero-order chi connectivity index (χ0) is 11.1. The van der Waals surface area contributed by atoms with Crippen molar-refractivity contribution in [2.24, 2.45) is 0 Å². The van der Waals surface area contributed by atoms with E-state index in [4.69, 9.17) is 9.84 Å². The average Bonchev–Trinajstić information content (AvgIpc) is 2.26. The van der Waals surface area contributed by atoms with E-state index in [0.717, 1.165) is 31.4 Å². The highest BCUT2D eigenvalue weighted by molar-refractivity contribution is 5.30. The van der Waals surface area contributed by atoms with Crippen molar-refractivity contribution in [3.05, 3.63) is 34.9 Å². The number of aryl methyl sites for hydroxylation is 2. The largest absolute Gasteiger partial charge is 0.392 e. The molecule has 0 saturated carbocycles. The maximum Gasteiger partial charge on any atom is 0.0681 e. The Morgan fingerprint density at radius 3 is 2.73 bits per heavy atom. The highest BCUT2D eigenvalue weighted by Gasteiger charge is 2.00. The Kier molecular flexibility index (Phi) is 5.37. The van der Waals surface area contributed by atoms with E-state index in [1.807, 2.05) is 6.07 Å². The third-order valence-electron chi connectivity index (χ3n) is 2.64. The number of unbranched alkanes of at least 4 members (excludes halogenated alkanes) is 1. The van der Waals surface area contributed by atoms with Crippen molar-refractivity contribution in [2.75, 3.05) is 13.7 Å². The van der Waals surface area contributed by atoms with Crippen LogP contribution in [0.1, 0.15) is 29.5 Å². The molecule has 2 heteroatoms. The number of hydrogen-bond acceptors (Lipinski definition) is 2. The molecule has 0 fully saturated rings. The van der Waals surface area contributed by atoms with Crippen LogP contribution in [0.2, 0.25) is 0 Å². The third kappa shape index (κ3) is 4.02. The van der Waals surface area contributed by atoms with E-state index in [9.17, 15) is 0 Å². The molecule has 1 rings (SSSR count). The molecule has 0 aliphatic heterocycles. The lowest BCUT2D eigenvalue weighted by atomic mass is 10.0. The van der Waals surface area contributed by atoms with Crippen LogP contribution in [0.5, 0.6) is 0 Å². The molecule has 0 aliphatic rings. The highest BCUT2D eigenvalue weighted by Crippen LogP contribution is 2.14. The lowest BCUT2D eigenvalue weighted by molar-refractivity contribution is 0.193. The summed E-state index contributed by atoms with van der Waals surface area (Å²) in [5.41, 5.74) is 3.66. The maximum atomic E-state index is 9.04. The van der Waals surface area contributed by atoms with E-state index in [0.29, 0.717) is 0 Å². The molecular formula is C13H20O2. The van der Waals surface area contributed by atoms with Gasteiger partial charge in [0.1, 0.15) is 0 Å². The molecule has 1 N–H and O–H groups in total. The number of ether oxygens (including phenoxy) is 1. The fourth-order valence-electron chi connectivity index (χ4n) is 1.65. The van der Waals surface area contributed by atoms with Gasteiger partial charge in [-0.1, -0.05) is 18.2 Å². The van der Waals surface area contributed by atoms with Gasteiger partial charge in [-0.15, -0.1) is 0 Å². The van der Waals surface area contributed by atoms with Gasteiger partial charge in [0, 0.05) is 13.7 Å². The summed E-state index contributed by atoms with van der Waals surface area (Å²) in [6, 6.07) is 6.16. The molecule has 0 aliphatic carbocycles. The molecule has 84 valence electrons. The molecule has 0 unspecified atom stereocenters. The van der Waals surface area contributed by atoms with E-state index in [1.54, 1.807) is 7.11 Å². The minimum Gasteiger partial charge on any atom is -0.392 e. The Morgan fingerprint density at radius 1 is 1.27 bits per heavy atom. The normalized spacial score (nSPS) is 10.6. The van der Waals surface area contributed by atoms with Crippen LogP contribution in [0, 0.1) is 6.92 Å². The van der Waals surface area contributed by atoms with Crippen LogP contribution >= 0.6 is 0 Å². The molecule has 0 radical (unpaired) electrons. The van der Waals surface area contributed by atoms with Crippen molar-refractivity contribution in [2.45, 2.75) is 32.8 Å². The van der Waals surface area contributed by atoms with Gasteiger partial charge in [-0.2, -0.15) is 0 Å². The summed E-state index contributed by atoms with van der Waals surface area (Å²) >= 11 is 0. The van der Waals surface area contributed by atoms with Crippen molar-refractivity contribution < 1.29 is 9.84 Å². The average molecular weight is 208 g/mol. The van der Waals surface area contributed by atoms with Crippen molar-refractivity contribution in [1.82, 2.24) is 0 Å². The number of hydrogen-bond donors (Lipinski definition) is 1. The first-order chi connectivity index (χ1) is 7.27. The quantitative estimate of drug-likeness (QED) is 0.728. The van der Waals surface area contributed by atoms with Crippen molar-refractivity contribution in [3.63, 3.8) is 0 Å². The summed E-state index contributed by atoms with van der Waals surface area (Å²) in [5, 5.41) is 9.04. The molecule has 0 spiro atoms. The molecule has 2 nitrogen and oxygen atoms in total. The first kappa shape index (κ1) is 12.2. The number of benzene rings is 1. The van der Waals surface area contributed by atoms with Crippen LogP contribution < -0.4 is 0 Å². The molecule has 0 amide bonds. The first-order valence-electron chi connectivity index (χ1n) is 5.46. The zero-order valence-corrected chi connectivity index (χ0v) is 9.62. The van der Waals surface area contributed by atoms with E-state index >= 15 is 0 Å². The minimum absolute atomic E-state index is 0.130. The minimum atomic E-state index is 0.130. The van der Waals surface area contributed by atoms with Crippen molar-refractivity contribution in [3.8, 4) is 0 Å². The highest BCUT2D eigenvalue weighted by atomic mass is 16.5. The van der Waals surface area contributed by atoms with Crippen LogP contribution in [0.25, 0.3) is 0 Å². The van der Waals surface area contributed by atoms with Crippen molar-refractivity contribution in [1.29, 1.82) is 0 Å². The molecule has 0 aromatic heterocycles. The van der Waals surface area contributed by atoms with E-state index in [1.165, 1.54) is 11.1 Å². The second-order valence-electron chi connectivity index (χ2n) is 3.87. The van der Waals surface area contributed by atoms with Gasteiger partial charge in [0.05, 0.1) is 6.61 Å². The van der Waals surface area contributed by atoms with Gasteiger partial charge in [-0.05, 0) is 42.9 Å². The molecule has 15 heavy (non-hydrogen) atoms. The Hall–Kier alpha value is -0.860. The Bertz CT molecular complexity index is 295. The van der Waals surface area contributed by atoms with Gasteiger partial charge < -0.3 is 9.84 Å². The number of aliphatic hydroxyl groups excluding tert-OH is 1. The summed E-state index contributed by atoms with van der Waals surface area (Å²) < 4.78 is 5.01. The Morgan fingerprint density at radius 2 is 2.07 bits per heavy atom. The molecule has 0 saturated heterocycles. The number of rotatable bonds is 6.